The Hall–Kier alpha value is -2.48. The average molecular weight is 442 g/mol. The summed E-state index contributed by atoms with van der Waals surface area (Å²) >= 11 is 0. The van der Waals surface area contributed by atoms with Gasteiger partial charge < -0.3 is 24.3 Å². The molecular weight excluding hydrogens is 406 g/mol. The van der Waals surface area contributed by atoms with E-state index in [2.05, 4.69) is 49.6 Å². The molecule has 0 atom stereocenters. The summed E-state index contributed by atoms with van der Waals surface area (Å²) in [5.74, 6) is 1.45. The molecule has 7 heteroatoms. The average Bonchev–Trinajstić information content (AvgIpc) is 2.72. The monoisotopic (exact) mass is 441 g/mol. The largest absolute Gasteiger partial charge is 0.491 e. The fourth-order valence-corrected chi connectivity index (χ4v) is 3.57. The minimum absolute atomic E-state index is 0.281. The van der Waals surface area contributed by atoms with Crippen molar-refractivity contribution >= 4 is 16.7 Å². The van der Waals surface area contributed by atoms with Crippen molar-refractivity contribution in [1.82, 2.24) is 9.97 Å². The summed E-state index contributed by atoms with van der Waals surface area (Å²) < 4.78 is 24.2. The van der Waals surface area contributed by atoms with Gasteiger partial charge in [0.15, 0.2) is 0 Å². The second-order valence-corrected chi connectivity index (χ2v) is 8.98. The van der Waals surface area contributed by atoms with Gasteiger partial charge in [0.05, 0.1) is 43.1 Å². The van der Waals surface area contributed by atoms with Crippen LogP contribution in [0.1, 0.15) is 46.6 Å². The van der Waals surface area contributed by atoms with Crippen molar-refractivity contribution < 1.29 is 18.9 Å². The summed E-state index contributed by atoms with van der Waals surface area (Å²) in [5.41, 5.74) is 1.82. The summed E-state index contributed by atoms with van der Waals surface area (Å²) in [7, 11) is 0. The predicted octanol–water partition coefficient (Wildman–Crippen LogP) is 4.98. The molecule has 3 rings (SSSR count). The molecule has 174 valence electrons. The zero-order valence-electron chi connectivity index (χ0n) is 19.9. The molecule has 1 N–H and O–H groups in total. The van der Waals surface area contributed by atoms with E-state index in [1.165, 1.54) is 0 Å². The van der Waals surface area contributed by atoms with Crippen LogP contribution < -0.4 is 10.1 Å². The van der Waals surface area contributed by atoms with E-state index in [1.807, 2.05) is 25.1 Å². The van der Waals surface area contributed by atoms with Gasteiger partial charge in [0.2, 0.25) is 0 Å². The number of benzene rings is 1. The van der Waals surface area contributed by atoms with Crippen molar-refractivity contribution in [3.8, 4) is 5.75 Å². The molecule has 2 aromatic rings. The summed E-state index contributed by atoms with van der Waals surface area (Å²) in [6.07, 6.45) is 5.96. The van der Waals surface area contributed by atoms with Crippen molar-refractivity contribution in [1.29, 1.82) is 0 Å². The first-order valence-corrected chi connectivity index (χ1v) is 11.1. The van der Waals surface area contributed by atoms with Gasteiger partial charge in [0, 0.05) is 16.6 Å². The fraction of sp³-hybridized carbons (Fsp3) is 0.520. The van der Waals surface area contributed by atoms with Gasteiger partial charge in [-0.15, -0.1) is 0 Å². The summed E-state index contributed by atoms with van der Waals surface area (Å²) in [4.78, 5) is 8.94. The van der Waals surface area contributed by atoms with E-state index in [0.717, 1.165) is 34.3 Å². The Bertz CT molecular complexity index is 969. The van der Waals surface area contributed by atoms with E-state index in [9.17, 15) is 0 Å². The maximum absolute atomic E-state index is 6.34. The minimum Gasteiger partial charge on any atom is -0.491 e. The smallest absolute Gasteiger partial charge is 0.141 e. The molecule has 2 heterocycles. The van der Waals surface area contributed by atoms with Crippen molar-refractivity contribution in [2.45, 2.75) is 52.2 Å². The number of nitrogens with one attached hydrogen (secondary N) is 1. The number of hydrogen-bond acceptors (Lipinski definition) is 7. The first kappa shape index (κ1) is 24.2. The normalized spacial score (nSPS) is 20.0. The highest BCUT2D eigenvalue weighted by atomic mass is 16.6. The van der Waals surface area contributed by atoms with E-state index < -0.39 is 5.60 Å². The van der Waals surface area contributed by atoms with Crippen LogP contribution >= 0.6 is 0 Å². The third-order valence-electron chi connectivity index (χ3n) is 5.44. The van der Waals surface area contributed by atoms with Gasteiger partial charge in [-0.1, -0.05) is 12.7 Å². The summed E-state index contributed by atoms with van der Waals surface area (Å²) in [6, 6.07) is 4.01. The Morgan fingerprint density at radius 1 is 1.03 bits per heavy atom. The lowest BCUT2D eigenvalue weighted by molar-refractivity contribution is -0.0880. The number of aromatic nitrogens is 2. The van der Waals surface area contributed by atoms with Gasteiger partial charge in [0.25, 0.3) is 0 Å². The lowest BCUT2D eigenvalue weighted by atomic mass is 9.95. The minimum atomic E-state index is -0.582. The predicted molar refractivity (Wildman–Crippen MR) is 127 cm³/mol. The van der Waals surface area contributed by atoms with Gasteiger partial charge in [-0.25, -0.2) is 9.97 Å². The first-order valence-electron chi connectivity index (χ1n) is 11.1. The fourth-order valence-electron chi connectivity index (χ4n) is 3.57. The quantitative estimate of drug-likeness (QED) is 0.674. The third-order valence-corrected chi connectivity index (χ3v) is 5.44. The van der Waals surface area contributed by atoms with Crippen LogP contribution in [0.4, 0.5) is 5.82 Å². The number of nitrogens with zero attached hydrogens (tertiary/aromatic N) is 2. The molecule has 32 heavy (non-hydrogen) atoms. The van der Waals surface area contributed by atoms with E-state index in [4.69, 9.17) is 18.9 Å². The molecule has 1 aliphatic rings. The molecule has 1 aromatic heterocycles. The SMILES string of the molecule is C=C/C=C(\C)Nc1ncnc2cc3c(cc12)OCCOCCOC(C)(C)CCOC3(C)C. The maximum Gasteiger partial charge on any atom is 0.141 e. The van der Waals surface area contributed by atoms with E-state index in [-0.39, 0.29) is 5.60 Å². The number of fused-ring (bicyclic) bond motifs is 2. The first-order chi connectivity index (χ1) is 15.2. The van der Waals surface area contributed by atoms with Crippen LogP contribution in [0.15, 0.2) is 42.9 Å². The Kier molecular flexibility index (Phi) is 7.87. The van der Waals surface area contributed by atoms with Crippen molar-refractivity contribution in [2.24, 2.45) is 0 Å². The van der Waals surface area contributed by atoms with Gasteiger partial charge in [-0.2, -0.15) is 0 Å². The highest BCUT2D eigenvalue weighted by Crippen LogP contribution is 2.37. The van der Waals surface area contributed by atoms with Crippen molar-refractivity contribution in [3.63, 3.8) is 0 Å². The van der Waals surface area contributed by atoms with Gasteiger partial charge >= 0.3 is 0 Å². The molecule has 0 bridgehead atoms. The molecule has 0 fully saturated rings. The van der Waals surface area contributed by atoms with Crippen LogP contribution in [0.2, 0.25) is 0 Å². The Balaban J connectivity index is 2.00. The number of allylic oxidation sites excluding steroid dienone is 3. The molecule has 0 unspecified atom stereocenters. The molecule has 0 amide bonds. The third kappa shape index (κ3) is 6.28. The Labute approximate surface area is 190 Å². The van der Waals surface area contributed by atoms with Gasteiger partial charge in [-0.05, 0) is 59.2 Å². The van der Waals surface area contributed by atoms with E-state index in [0.29, 0.717) is 38.9 Å². The van der Waals surface area contributed by atoms with Crippen LogP contribution in [-0.2, 0) is 19.8 Å². The van der Waals surface area contributed by atoms with Gasteiger partial charge in [-0.3, -0.25) is 0 Å². The van der Waals surface area contributed by atoms with Crippen LogP contribution in [0.25, 0.3) is 10.9 Å². The molecule has 7 nitrogen and oxygen atoms in total. The lowest BCUT2D eigenvalue weighted by Gasteiger charge is -2.31. The van der Waals surface area contributed by atoms with E-state index >= 15 is 0 Å². The van der Waals surface area contributed by atoms with Crippen molar-refractivity contribution in [3.05, 3.63) is 48.5 Å². The molecule has 0 radical (unpaired) electrons. The van der Waals surface area contributed by atoms with Crippen LogP contribution in [0, 0.1) is 0 Å². The molecule has 1 aliphatic heterocycles. The molecular formula is C25H35N3O4. The van der Waals surface area contributed by atoms with Crippen LogP contribution in [0.3, 0.4) is 0 Å². The molecule has 0 saturated heterocycles. The van der Waals surface area contributed by atoms with Crippen LogP contribution in [-0.4, -0.2) is 48.6 Å². The number of hydrogen-bond donors (Lipinski definition) is 1. The van der Waals surface area contributed by atoms with E-state index in [1.54, 1.807) is 12.4 Å². The van der Waals surface area contributed by atoms with Crippen LogP contribution in [0.5, 0.6) is 5.75 Å². The zero-order valence-corrected chi connectivity index (χ0v) is 19.9. The topological polar surface area (TPSA) is 74.7 Å². The summed E-state index contributed by atoms with van der Waals surface area (Å²) in [6.45, 7) is 16.5. The molecule has 1 aromatic carbocycles. The second kappa shape index (κ2) is 10.4. The molecule has 0 saturated carbocycles. The number of ether oxygens (including phenoxy) is 4. The number of rotatable bonds is 3. The Morgan fingerprint density at radius 2 is 1.81 bits per heavy atom. The Morgan fingerprint density at radius 3 is 2.59 bits per heavy atom. The highest BCUT2D eigenvalue weighted by molar-refractivity contribution is 5.91. The zero-order chi connectivity index (χ0) is 23.2. The highest BCUT2D eigenvalue weighted by Gasteiger charge is 2.29. The van der Waals surface area contributed by atoms with Crippen molar-refractivity contribution in [2.75, 3.05) is 38.4 Å². The second-order valence-electron chi connectivity index (χ2n) is 8.98. The standard InChI is InChI=1S/C25H35N3O4/c1-7-8-18(2)28-23-19-15-22-20(16-21(19)26-17-27-23)25(5,6)32-10-9-24(3,4)31-14-12-29-11-13-30-22/h7-8,15-17H,1,9-14H2,2-6H3,(H,26,27,28)/b18-8+. The lowest BCUT2D eigenvalue weighted by Crippen LogP contribution is -2.31. The maximum atomic E-state index is 6.34. The molecule has 0 spiro atoms. The van der Waals surface area contributed by atoms with Gasteiger partial charge in [0.1, 0.15) is 24.5 Å². The summed E-state index contributed by atoms with van der Waals surface area (Å²) in [5, 5.41) is 4.19. The molecule has 0 aliphatic carbocycles. The number of anilines is 1.